The summed E-state index contributed by atoms with van der Waals surface area (Å²) in [4.78, 5) is 17.0. The number of hydrogen-bond acceptors (Lipinski definition) is 6. The molecule has 0 spiro atoms. The Hall–Kier alpha value is -3.00. The Balaban J connectivity index is 1.47. The van der Waals surface area contributed by atoms with Crippen molar-refractivity contribution in [3.8, 4) is 0 Å². The number of benzene rings is 1. The van der Waals surface area contributed by atoms with E-state index in [0.717, 1.165) is 19.5 Å². The van der Waals surface area contributed by atoms with Crippen molar-refractivity contribution in [2.45, 2.75) is 32.0 Å². The first-order chi connectivity index (χ1) is 12.6. The van der Waals surface area contributed by atoms with Gasteiger partial charge in [-0.1, -0.05) is 39.9 Å². The summed E-state index contributed by atoms with van der Waals surface area (Å²) < 4.78 is 1.27. The maximum absolute atomic E-state index is 11.1. The molecule has 2 aromatic heterocycles. The number of nitrogens with zero attached hydrogens (tertiary/aromatic N) is 5. The molecule has 8 nitrogen and oxygen atoms in total. The number of likely N-dealkylation sites (tertiary alicyclic amines) is 1. The highest BCUT2D eigenvalue weighted by molar-refractivity contribution is 5.48. The van der Waals surface area contributed by atoms with Gasteiger partial charge in [-0.15, -0.1) is 0 Å². The minimum Gasteiger partial charge on any atom is -0.363 e. The predicted octanol–water partition coefficient (Wildman–Crippen LogP) is 2.71. The van der Waals surface area contributed by atoms with Crippen molar-refractivity contribution in [3.63, 3.8) is 0 Å². The standard InChI is InChI=1S/C18H20N6O2/c1-13-9-15(12-22(13)11-14-5-3-2-4-6-14)20-16-7-8-17-19-10-18(24(25)26)23(17)21-16/h2-8,10,13,15H,9,11-12H2,1H3,(H,20,21). The van der Waals surface area contributed by atoms with Crippen LogP contribution in [-0.2, 0) is 6.54 Å². The van der Waals surface area contributed by atoms with Gasteiger partial charge in [-0.3, -0.25) is 4.90 Å². The third kappa shape index (κ3) is 3.23. The number of rotatable bonds is 5. The highest BCUT2D eigenvalue weighted by Gasteiger charge is 2.29. The molecule has 26 heavy (non-hydrogen) atoms. The molecule has 0 radical (unpaired) electrons. The van der Waals surface area contributed by atoms with Crippen LogP contribution >= 0.6 is 0 Å². The van der Waals surface area contributed by atoms with Crippen LogP contribution in [-0.4, -0.2) is 43.0 Å². The molecule has 2 atom stereocenters. The van der Waals surface area contributed by atoms with Gasteiger partial charge >= 0.3 is 5.82 Å². The lowest BCUT2D eigenvalue weighted by molar-refractivity contribution is -0.391. The van der Waals surface area contributed by atoms with E-state index < -0.39 is 4.92 Å². The van der Waals surface area contributed by atoms with Gasteiger partial charge in [0.15, 0.2) is 5.82 Å². The second-order valence-electron chi connectivity index (χ2n) is 6.70. The van der Waals surface area contributed by atoms with E-state index in [1.165, 1.54) is 16.3 Å². The van der Waals surface area contributed by atoms with Gasteiger partial charge in [0.05, 0.1) is 0 Å². The topological polar surface area (TPSA) is 88.6 Å². The fourth-order valence-electron chi connectivity index (χ4n) is 3.51. The second-order valence-corrected chi connectivity index (χ2v) is 6.70. The summed E-state index contributed by atoms with van der Waals surface area (Å²) in [5, 5.41) is 18.8. The summed E-state index contributed by atoms with van der Waals surface area (Å²) in [5.74, 6) is 0.492. The van der Waals surface area contributed by atoms with Crippen LogP contribution in [0.3, 0.4) is 0 Å². The van der Waals surface area contributed by atoms with Crippen molar-refractivity contribution in [3.05, 3.63) is 64.3 Å². The van der Waals surface area contributed by atoms with E-state index in [1.807, 2.05) is 12.1 Å². The Labute approximate surface area is 150 Å². The van der Waals surface area contributed by atoms with Gasteiger partial charge in [-0.25, -0.2) is 4.98 Å². The lowest BCUT2D eigenvalue weighted by Gasteiger charge is -2.20. The third-order valence-corrected chi connectivity index (χ3v) is 4.82. The maximum Gasteiger partial charge on any atom is 0.368 e. The molecule has 1 aliphatic rings. The zero-order valence-electron chi connectivity index (χ0n) is 14.4. The van der Waals surface area contributed by atoms with Crippen LogP contribution in [0.5, 0.6) is 0 Å². The Bertz CT molecular complexity index is 926. The maximum atomic E-state index is 11.1. The smallest absolute Gasteiger partial charge is 0.363 e. The SMILES string of the molecule is CC1CC(Nc2ccc3ncc([N+](=O)[O-])n3n2)CN1Cc1ccccc1. The van der Waals surface area contributed by atoms with Gasteiger partial charge in [-0.05, 0) is 29.9 Å². The molecule has 0 saturated carbocycles. The Morgan fingerprint density at radius 1 is 1.27 bits per heavy atom. The normalized spacial score (nSPS) is 20.5. The molecule has 134 valence electrons. The number of imidazole rings is 1. The van der Waals surface area contributed by atoms with Gasteiger partial charge in [0, 0.05) is 31.2 Å². The molecule has 1 aromatic carbocycles. The Morgan fingerprint density at radius 3 is 2.85 bits per heavy atom. The van der Waals surface area contributed by atoms with Gasteiger partial charge in [0.2, 0.25) is 5.65 Å². The minimum absolute atomic E-state index is 0.130. The van der Waals surface area contributed by atoms with E-state index >= 15 is 0 Å². The number of anilines is 1. The summed E-state index contributed by atoms with van der Waals surface area (Å²) >= 11 is 0. The average molecular weight is 352 g/mol. The van der Waals surface area contributed by atoms with Crippen LogP contribution in [0.15, 0.2) is 48.7 Å². The highest BCUT2D eigenvalue weighted by atomic mass is 16.6. The first-order valence-electron chi connectivity index (χ1n) is 8.64. The molecule has 4 rings (SSSR count). The molecule has 1 fully saturated rings. The number of nitrogens with one attached hydrogen (secondary N) is 1. The fourth-order valence-corrected chi connectivity index (χ4v) is 3.51. The molecule has 1 aliphatic heterocycles. The number of nitro groups is 1. The molecule has 1 saturated heterocycles. The molecule has 0 amide bonds. The second kappa shape index (κ2) is 6.72. The number of aromatic nitrogens is 3. The number of hydrogen-bond donors (Lipinski definition) is 1. The van der Waals surface area contributed by atoms with Gasteiger partial charge < -0.3 is 15.4 Å². The van der Waals surface area contributed by atoms with Gasteiger partial charge in [0.25, 0.3) is 0 Å². The van der Waals surface area contributed by atoms with Crippen molar-refractivity contribution in [1.82, 2.24) is 19.5 Å². The van der Waals surface area contributed by atoms with Crippen LogP contribution in [0.25, 0.3) is 5.65 Å². The zero-order chi connectivity index (χ0) is 18.1. The van der Waals surface area contributed by atoms with E-state index in [2.05, 4.69) is 51.5 Å². The summed E-state index contributed by atoms with van der Waals surface area (Å²) in [6.07, 6.45) is 2.23. The fraction of sp³-hybridized carbons (Fsp3) is 0.333. The van der Waals surface area contributed by atoms with E-state index in [1.54, 1.807) is 6.07 Å². The number of fused-ring (bicyclic) bond motifs is 1. The molecular weight excluding hydrogens is 332 g/mol. The minimum atomic E-state index is -0.476. The molecule has 3 aromatic rings. The molecular formula is C18H20N6O2. The van der Waals surface area contributed by atoms with Crippen LogP contribution in [0.4, 0.5) is 11.6 Å². The van der Waals surface area contributed by atoms with Crippen molar-refractivity contribution < 1.29 is 4.92 Å². The Kier molecular flexibility index (Phi) is 4.26. The summed E-state index contributed by atoms with van der Waals surface area (Å²) in [6, 6.07) is 14.7. The third-order valence-electron chi connectivity index (χ3n) is 4.82. The molecule has 2 unspecified atom stereocenters. The molecule has 0 aliphatic carbocycles. The van der Waals surface area contributed by atoms with Crippen LogP contribution < -0.4 is 5.32 Å². The summed E-state index contributed by atoms with van der Waals surface area (Å²) in [7, 11) is 0. The lowest BCUT2D eigenvalue weighted by Crippen LogP contribution is -2.28. The van der Waals surface area contributed by atoms with E-state index in [4.69, 9.17) is 0 Å². The van der Waals surface area contributed by atoms with Crippen LogP contribution in [0.2, 0.25) is 0 Å². The van der Waals surface area contributed by atoms with Crippen molar-refractivity contribution in [2.24, 2.45) is 0 Å². The van der Waals surface area contributed by atoms with Gasteiger partial charge in [-0.2, -0.15) is 0 Å². The molecule has 0 bridgehead atoms. The summed E-state index contributed by atoms with van der Waals surface area (Å²) in [6.45, 7) is 4.05. The van der Waals surface area contributed by atoms with Crippen LogP contribution in [0.1, 0.15) is 18.9 Å². The van der Waals surface area contributed by atoms with Crippen molar-refractivity contribution in [1.29, 1.82) is 0 Å². The lowest BCUT2D eigenvalue weighted by atomic mass is 10.2. The molecule has 8 heteroatoms. The quantitative estimate of drug-likeness (QED) is 0.561. The largest absolute Gasteiger partial charge is 0.368 e. The first kappa shape index (κ1) is 16.5. The van der Waals surface area contributed by atoms with E-state index in [0.29, 0.717) is 17.5 Å². The van der Waals surface area contributed by atoms with Gasteiger partial charge in [0.1, 0.15) is 6.20 Å². The van der Waals surface area contributed by atoms with Crippen molar-refractivity contribution in [2.75, 3.05) is 11.9 Å². The predicted molar refractivity (Wildman–Crippen MR) is 98.0 cm³/mol. The van der Waals surface area contributed by atoms with E-state index in [-0.39, 0.29) is 11.9 Å². The highest BCUT2D eigenvalue weighted by Crippen LogP contribution is 2.23. The van der Waals surface area contributed by atoms with Crippen LogP contribution in [0, 0.1) is 10.1 Å². The van der Waals surface area contributed by atoms with E-state index in [9.17, 15) is 10.1 Å². The average Bonchev–Trinajstić information content (AvgIpc) is 3.19. The summed E-state index contributed by atoms with van der Waals surface area (Å²) in [5.41, 5.74) is 1.77. The monoisotopic (exact) mass is 352 g/mol. The zero-order valence-corrected chi connectivity index (χ0v) is 14.4. The molecule has 3 heterocycles. The first-order valence-corrected chi connectivity index (χ1v) is 8.64. The van der Waals surface area contributed by atoms with Crippen molar-refractivity contribution >= 4 is 17.3 Å². The molecule has 1 N–H and O–H groups in total. The Morgan fingerprint density at radius 2 is 2.08 bits per heavy atom.